The summed E-state index contributed by atoms with van der Waals surface area (Å²) < 4.78 is -0.0165. The fourth-order valence-electron chi connectivity index (χ4n) is 1.20. The monoisotopic (exact) mass is 166 g/mol. The Labute approximate surface area is 73.1 Å². The van der Waals surface area contributed by atoms with Gasteiger partial charge in [-0.2, -0.15) is 11.7 Å². The maximum atomic E-state index is 5.86. The Balaban J connectivity index is 2.82. The summed E-state index contributed by atoms with van der Waals surface area (Å²) in [6, 6.07) is 9.72. The molecule has 0 aromatic heterocycles. The number of para-hydroxylation sites is 1. The lowest BCUT2D eigenvalue weighted by molar-refractivity contribution is 0.291. The van der Waals surface area contributed by atoms with Crippen molar-refractivity contribution in [3.63, 3.8) is 0 Å². The second-order valence-corrected chi connectivity index (χ2v) is 2.99. The van der Waals surface area contributed by atoms with Crippen molar-refractivity contribution in [1.29, 1.82) is 0 Å². The largest absolute Gasteiger partial charge is 0.171 e. The minimum absolute atomic E-state index is 0.0165. The van der Waals surface area contributed by atoms with Crippen LogP contribution in [0.4, 0.5) is 5.69 Å². The molecule has 3 heteroatoms. The summed E-state index contributed by atoms with van der Waals surface area (Å²) >= 11 is 0. The Morgan fingerprint density at radius 1 is 1.17 bits per heavy atom. The lowest BCUT2D eigenvalue weighted by Gasteiger charge is -2.25. The number of quaternary nitrogens is 1. The van der Waals surface area contributed by atoms with Crippen molar-refractivity contribution in [2.75, 3.05) is 6.54 Å². The number of nitrogens with zero attached hydrogens (tertiary/aromatic N) is 1. The molecule has 0 aliphatic carbocycles. The van der Waals surface area contributed by atoms with E-state index in [1.165, 1.54) is 0 Å². The van der Waals surface area contributed by atoms with Gasteiger partial charge in [-0.15, -0.1) is 4.70 Å². The molecule has 0 aliphatic heterocycles. The summed E-state index contributed by atoms with van der Waals surface area (Å²) in [5.74, 6) is 11.7. The molecule has 4 N–H and O–H groups in total. The molecule has 0 unspecified atom stereocenters. The summed E-state index contributed by atoms with van der Waals surface area (Å²) in [5.41, 5.74) is 0.944. The van der Waals surface area contributed by atoms with Crippen LogP contribution in [0.2, 0.25) is 0 Å². The maximum Gasteiger partial charge on any atom is 0.171 e. The minimum Gasteiger partial charge on any atom is -0.156 e. The third-order valence-corrected chi connectivity index (χ3v) is 1.83. The number of hydrogen-bond acceptors (Lipinski definition) is 2. The fourth-order valence-corrected chi connectivity index (χ4v) is 1.20. The predicted molar refractivity (Wildman–Crippen MR) is 51.8 cm³/mol. The molecule has 0 radical (unpaired) electrons. The highest BCUT2D eigenvalue weighted by Crippen LogP contribution is 2.13. The first kappa shape index (κ1) is 9.19. The van der Waals surface area contributed by atoms with Gasteiger partial charge in [0.1, 0.15) is 6.54 Å². The average Bonchev–Trinajstić information content (AvgIpc) is 2.06. The SMILES string of the molecule is CCC[N+](N)(N)c1ccccc1. The zero-order valence-corrected chi connectivity index (χ0v) is 7.40. The van der Waals surface area contributed by atoms with Crippen LogP contribution >= 0.6 is 0 Å². The van der Waals surface area contributed by atoms with Gasteiger partial charge in [-0.3, -0.25) is 0 Å². The van der Waals surface area contributed by atoms with Crippen molar-refractivity contribution in [3.05, 3.63) is 30.3 Å². The molecule has 0 saturated heterocycles. The van der Waals surface area contributed by atoms with Crippen molar-refractivity contribution in [3.8, 4) is 0 Å². The summed E-state index contributed by atoms with van der Waals surface area (Å²) in [4.78, 5) is 0. The smallest absolute Gasteiger partial charge is 0.156 e. The van der Waals surface area contributed by atoms with Crippen molar-refractivity contribution in [2.45, 2.75) is 13.3 Å². The Morgan fingerprint density at radius 3 is 2.25 bits per heavy atom. The van der Waals surface area contributed by atoms with Crippen molar-refractivity contribution >= 4 is 5.69 Å². The van der Waals surface area contributed by atoms with Crippen LogP contribution in [0.5, 0.6) is 0 Å². The second-order valence-electron chi connectivity index (χ2n) is 2.99. The van der Waals surface area contributed by atoms with E-state index in [1.54, 1.807) is 0 Å². The Morgan fingerprint density at radius 2 is 1.75 bits per heavy atom. The molecule has 3 nitrogen and oxygen atoms in total. The van der Waals surface area contributed by atoms with E-state index in [4.69, 9.17) is 11.7 Å². The van der Waals surface area contributed by atoms with E-state index in [0.29, 0.717) is 0 Å². The van der Waals surface area contributed by atoms with Crippen molar-refractivity contribution < 1.29 is 0 Å². The molecule has 1 rings (SSSR count). The van der Waals surface area contributed by atoms with Gasteiger partial charge in [-0.25, -0.2) is 0 Å². The highest BCUT2D eigenvalue weighted by molar-refractivity contribution is 5.39. The van der Waals surface area contributed by atoms with Gasteiger partial charge in [0.2, 0.25) is 0 Å². The van der Waals surface area contributed by atoms with E-state index in [0.717, 1.165) is 18.7 Å². The van der Waals surface area contributed by atoms with Crippen molar-refractivity contribution in [1.82, 2.24) is 4.70 Å². The van der Waals surface area contributed by atoms with Gasteiger partial charge in [0, 0.05) is 12.1 Å². The maximum absolute atomic E-state index is 5.86. The molecular formula is C9H16N3+. The van der Waals surface area contributed by atoms with E-state index in [9.17, 15) is 0 Å². The van der Waals surface area contributed by atoms with Crippen LogP contribution in [-0.2, 0) is 0 Å². The fraction of sp³-hybridized carbons (Fsp3) is 0.333. The standard InChI is InChI=1S/C9H16N3/c1-2-8-12(10,11)9-6-4-3-5-7-9/h3-7H,2,8,10-11H2,1H3/q+1. The molecule has 0 fully saturated rings. The van der Waals surface area contributed by atoms with Gasteiger partial charge in [-0.05, 0) is 6.42 Å². The summed E-state index contributed by atoms with van der Waals surface area (Å²) in [6.45, 7) is 2.82. The molecule has 0 spiro atoms. The molecule has 0 atom stereocenters. The summed E-state index contributed by atoms with van der Waals surface area (Å²) in [6.07, 6.45) is 0.974. The lowest BCUT2D eigenvalue weighted by Crippen LogP contribution is -2.62. The van der Waals surface area contributed by atoms with Gasteiger partial charge < -0.3 is 0 Å². The number of hydrogen-bond donors (Lipinski definition) is 2. The highest BCUT2D eigenvalue weighted by atomic mass is 15.7. The molecule has 0 aliphatic rings. The van der Waals surface area contributed by atoms with Crippen LogP contribution in [0.3, 0.4) is 0 Å². The highest BCUT2D eigenvalue weighted by Gasteiger charge is 2.19. The van der Waals surface area contributed by atoms with Crippen LogP contribution < -0.4 is 16.4 Å². The van der Waals surface area contributed by atoms with E-state index in [2.05, 4.69) is 6.92 Å². The third kappa shape index (κ3) is 2.04. The number of rotatable bonds is 3. The van der Waals surface area contributed by atoms with E-state index >= 15 is 0 Å². The normalized spacial score (nSPS) is 11.6. The molecule has 0 saturated carbocycles. The molecule has 66 valence electrons. The first-order chi connectivity index (χ1) is 5.67. The molecule has 0 heterocycles. The van der Waals surface area contributed by atoms with E-state index < -0.39 is 0 Å². The molecular weight excluding hydrogens is 150 g/mol. The predicted octanol–water partition coefficient (Wildman–Crippen LogP) is 1.15. The topological polar surface area (TPSA) is 52.0 Å². The average molecular weight is 166 g/mol. The zero-order chi connectivity index (χ0) is 9.03. The van der Waals surface area contributed by atoms with E-state index in [1.807, 2.05) is 30.3 Å². The van der Waals surface area contributed by atoms with Gasteiger partial charge in [0.25, 0.3) is 0 Å². The molecule has 0 bridgehead atoms. The zero-order valence-electron chi connectivity index (χ0n) is 7.40. The second kappa shape index (κ2) is 3.67. The van der Waals surface area contributed by atoms with Crippen LogP contribution in [0.15, 0.2) is 30.3 Å². The Bertz CT molecular complexity index is 231. The minimum atomic E-state index is -0.0165. The lowest BCUT2D eigenvalue weighted by atomic mass is 10.3. The molecule has 12 heavy (non-hydrogen) atoms. The van der Waals surface area contributed by atoms with Crippen LogP contribution in [0, 0.1) is 0 Å². The third-order valence-electron chi connectivity index (χ3n) is 1.83. The van der Waals surface area contributed by atoms with Gasteiger partial charge in [-0.1, -0.05) is 25.1 Å². The molecule has 0 amide bonds. The summed E-state index contributed by atoms with van der Waals surface area (Å²) in [7, 11) is 0. The first-order valence-electron chi connectivity index (χ1n) is 4.17. The van der Waals surface area contributed by atoms with Crippen molar-refractivity contribution in [2.24, 2.45) is 11.7 Å². The van der Waals surface area contributed by atoms with Gasteiger partial charge >= 0.3 is 0 Å². The van der Waals surface area contributed by atoms with Gasteiger partial charge in [0.05, 0.1) is 0 Å². The molecule has 1 aromatic rings. The van der Waals surface area contributed by atoms with E-state index in [-0.39, 0.29) is 4.70 Å². The molecule has 1 aromatic carbocycles. The Hall–Kier alpha value is -0.900. The first-order valence-corrected chi connectivity index (χ1v) is 4.17. The van der Waals surface area contributed by atoms with Gasteiger partial charge in [0.15, 0.2) is 5.69 Å². The van der Waals surface area contributed by atoms with Crippen LogP contribution in [0.1, 0.15) is 13.3 Å². The quantitative estimate of drug-likeness (QED) is 0.402. The number of benzene rings is 1. The number of nitrogens with two attached hydrogens (primary N) is 2. The van der Waals surface area contributed by atoms with Crippen LogP contribution in [-0.4, -0.2) is 6.54 Å². The summed E-state index contributed by atoms with van der Waals surface area (Å²) in [5, 5.41) is 0. The Kier molecular flexibility index (Phi) is 2.81. The van der Waals surface area contributed by atoms with Crippen LogP contribution in [0.25, 0.3) is 0 Å².